The van der Waals surface area contributed by atoms with Crippen molar-refractivity contribution in [3.63, 3.8) is 0 Å². The van der Waals surface area contributed by atoms with Crippen LogP contribution in [-0.4, -0.2) is 20.3 Å². The Labute approximate surface area is 159 Å². The molecule has 2 aromatic heterocycles. The molecule has 0 unspecified atom stereocenters. The number of aryl methyl sites for hydroxylation is 1. The molecule has 5 nitrogen and oxygen atoms in total. The van der Waals surface area contributed by atoms with Gasteiger partial charge in [0.25, 0.3) is 0 Å². The highest BCUT2D eigenvalue weighted by Crippen LogP contribution is 2.25. The summed E-state index contributed by atoms with van der Waals surface area (Å²) < 4.78 is 28.6. The smallest absolute Gasteiger partial charge is 0.234 e. The molecule has 7 heteroatoms. The minimum atomic E-state index is -0.739. The Kier molecular flexibility index (Phi) is 4.57. The zero-order valence-electron chi connectivity index (χ0n) is 15.0. The van der Waals surface area contributed by atoms with Crippen molar-refractivity contribution < 1.29 is 13.6 Å². The molecule has 4 aromatic rings. The maximum atomic E-state index is 13.7. The number of hydrogen-bond acceptors (Lipinski definition) is 3. The van der Waals surface area contributed by atoms with Gasteiger partial charge in [0.15, 0.2) is 0 Å². The Morgan fingerprint density at radius 3 is 2.79 bits per heavy atom. The van der Waals surface area contributed by atoms with Gasteiger partial charge in [0.05, 0.1) is 12.1 Å². The average molecular weight is 378 g/mol. The summed E-state index contributed by atoms with van der Waals surface area (Å²) in [5.41, 5.74) is 3.22. The molecule has 0 saturated carbocycles. The molecule has 2 heterocycles. The zero-order valence-corrected chi connectivity index (χ0v) is 15.0. The molecule has 0 radical (unpaired) electrons. The second-order valence-corrected chi connectivity index (χ2v) is 6.38. The van der Waals surface area contributed by atoms with E-state index in [9.17, 15) is 13.6 Å². The van der Waals surface area contributed by atoms with Crippen molar-refractivity contribution in [3.05, 3.63) is 83.8 Å². The number of amides is 1. The molecule has 0 spiro atoms. The van der Waals surface area contributed by atoms with E-state index in [1.54, 1.807) is 24.4 Å². The molecule has 0 fully saturated rings. The van der Waals surface area contributed by atoms with Gasteiger partial charge in [-0.1, -0.05) is 18.2 Å². The molecule has 0 aliphatic carbocycles. The molecule has 0 bridgehead atoms. The number of benzene rings is 2. The molecule has 28 heavy (non-hydrogen) atoms. The van der Waals surface area contributed by atoms with Crippen molar-refractivity contribution in [1.82, 2.24) is 14.4 Å². The molecule has 140 valence electrons. The number of anilines is 1. The molecule has 4 rings (SSSR count). The first-order valence-corrected chi connectivity index (χ1v) is 8.65. The van der Waals surface area contributed by atoms with E-state index in [-0.39, 0.29) is 12.0 Å². The Morgan fingerprint density at radius 1 is 1.14 bits per heavy atom. The normalized spacial score (nSPS) is 11.0. The maximum Gasteiger partial charge on any atom is 0.234 e. The van der Waals surface area contributed by atoms with Crippen LogP contribution in [0.25, 0.3) is 17.0 Å². The first kappa shape index (κ1) is 17.8. The Hall–Kier alpha value is -3.61. The number of carbonyl (C=O) groups excluding carboxylic acids is 1. The molecule has 0 saturated heterocycles. The van der Waals surface area contributed by atoms with Gasteiger partial charge in [-0.05, 0) is 36.8 Å². The van der Waals surface area contributed by atoms with E-state index in [0.29, 0.717) is 11.5 Å². The summed E-state index contributed by atoms with van der Waals surface area (Å²) in [4.78, 5) is 21.1. The van der Waals surface area contributed by atoms with Crippen molar-refractivity contribution in [3.8, 4) is 11.3 Å². The number of fused-ring (bicyclic) bond motifs is 1. The van der Waals surface area contributed by atoms with Gasteiger partial charge < -0.3 is 5.32 Å². The third kappa shape index (κ3) is 3.46. The molecule has 1 N–H and O–H groups in total. The largest absolute Gasteiger partial charge is 0.326 e. The first-order chi connectivity index (χ1) is 13.5. The number of hydrogen-bond donors (Lipinski definition) is 1. The Morgan fingerprint density at radius 2 is 2.00 bits per heavy atom. The highest BCUT2D eigenvalue weighted by atomic mass is 19.1. The van der Waals surface area contributed by atoms with Crippen molar-refractivity contribution in [2.24, 2.45) is 0 Å². The number of carbonyl (C=O) groups is 1. The van der Waals surface area contributed by atoms with Crippen LogP contribution in [0.2, 0.25) is 0 Å². The summed E-state index contributed by atoms with van der Waals surface area (Å²) in [7, 11) is 0. The minimum absolute atomic E-state index is 0.136. The van der Waals surface area contributed by atoms with E-state index in [0.717, 1.165) is 29.1 Å². The van der Waals surface area contributed by atoms with Crippen molar-refractivity contribution in [2.45, 2.75) is 13.3 Å². The van der Waals surface area contributed by atoms with Crippen LogP contribution >= 0.6 is 0 Å². The first-order valence-electron chi connectivity index (χ1n) is 8.65. The van der Waals surface area contributed by atoms with Crippen molar-refractivity contribution in [1.29, 1.82) is 0 Å². The molecular formula is C21H16F2N4O. The van der Waals surface area contributed by atoms with Gasteiger partial charge in [-0.15, -0.1) is 0 Å². The van der Waals surface area contributed by atoms with Crippen LogP contribution in [0.15, 0.2) is 60.9 Å². The van der Waals surface area contributed by atoms with Crippen molar-refractivity contribution in [2.75, 3.05) is 5.32 Å². The highest BCUT2D eigenvalue weighted by molar-refractivity contribution is 5.93. The fraction of sp³-hybridized carbons (Fsp3) is 0.0952. The van der Waals surface area contributed by atoms with E-state index in [2.05, 4.69) is 15.3 Å². The summed E-state index contributed by atoms with van der Waals surface area (Å²) in [6, 6.07) is 12.2. The minimum Gasteiger partial charge on any atom is -0.326 e. The lowest BCUT2D eigenvalue weighted by Crippen LogP contribution is -2.15. The van der Waals surface area contributed by atoms with Gasteiger partial charge in [-0.2, -0.15) is 0 Å². The van der Waals surface area contributed by atoms with Gasteiger partial charge in [0, 0.05) is 35.4 Å². The van der Waals surface area contributed by atoms with Crippen LogP contribution in [0.5, 0.6) is 0 Å². The molecule has 0 atom stereocenters. The number of nitrogens with zero attached hydrogens (tertiary/aromatic N) is 3. The van der Waals surface area contributed by atoms with Crippen LogP contribution in [-0.2, 0) is 11.2 Å². The zero-order chi connectivity index (χ0) is 19.7. The molecule has 0 aliphatic rings. The fourth-order valence-corrected chi connectivity index (χ4v) is 3.06. The topological polar surface area (TPSA) is 59.3 Å². The summed E-state index contributed by atoms with van der Waals surface area (Å²) in [5.74, 6) is -1.21. The van der Waals surface area contributed by atoms with Crippen LogP contribution in [0.4, 0.5) is 14.5 Å². The van der Waals surface area contributed by atoms with E-state index in [1.165, 1.54) is 6.07 Å². The molecule has 1 amide bonds. The third-order valence-electron chi connectivity index (χ3n) is 4.43. The lowest BCUT2D eigenvalue weighted by atomic mass is 10.1. The SMILES string of the molecule is Cc1c(-c2cccc(NC(=O)Cc3ccc(F)cc3F)c2)nc2ncccn12. The second-order valence-electron chi connectivity index (χ2n) is 6.38. The number of aromatic nitrogens is 3. The summed E-state index contributed by atoms with van der Waals surface area (Å²) in [6.45, 7) is 1.94. The number of imidazole rings is 1. The van der Waals surface area contributed by atoms with Crippen LogP contribution in [0.1, 0.15) is 11.3 Å². The quantitative estimate of drug-likeness (QED) is 0.580. The van der Waals surface area contributed by atoms with Gasteiger partial charge in [0.2, 0.25) is 11.7 Å². The monoisotopic (exact) mass is 378 g/mol. The van der Waals surface area contributed by atoms with E-state index >= 15 is 0 Å². The summed E-state index contributed by atoms with van der Waals surface area (Å²) in [6.07, 6.45) is 3.38. The Bertz CT molecular complexity index is 1190. The second kappa shape index (κ2) is 7.19. The highest BCUT2D eigenvalue weighted by Gasteiger charge is 2.13. The summed E-state index contributed by atoms with van der Waals surface area (Å²) >= 11 is 0. The maximum absolute atomic E-state index is 13.7. The molecule has 2 aromatic carbocycles. The third-order valence-corrected chi connectivity index (χ3v) is 4.43. The predicted molar refractivity (Wildman–Crippen MR) is 102 cm³/mol. The van der Waals surface area contributed by atoms with Gasteiger partial charge in [-0.25, -0.2) is 18.7 Å². The van der Waals surface area contributed by atoms with Crippen LogP contribution in [0, 0.1) is 18.6 Å². The van der Waals surface area contributed by atoms with Gasteiger partial charge >= 0.3 is 0 Å². The van der Waals surface area contributed by atoms with Gasteiger partial charge in [-0.3, -0.25) is 9.20 Å². The number of nitrogens with one attached hydrogen (secondary N) is 1. The van der Waals surface area contributed by atoms with Crippen molar-refractivity contribution >= 4 is 17.4 Å². The average Bonchev–Trinajstić information content (AvgIpc) is 3.01. The number of halogens is 2. The lowest BCUT2D eigenvalue weighted by molar-refractivity contribution is -0.115. The van der Waals surface area contributed by atoms with Crippen LogP contribution < -0.4 is 5.32 Å². The summed E-state index contributed by atoms with van der Waals surface area (Å²) in [5, 5.41) is 2.75. The number of rotatable bonds is 4. The standard InChI is InChI=1S/C21H16F2N4O/c1-13-20(26-21-24-8-3-9-27(13)21)15-4-2-5-17(10-15)25-19(28)11-14-6-7-16(22)12-18(14)23/h2-10,12H,11H2,1H3,(H,25,28). The van der Waals surface area contributed by atoms with E-state index < -0.39 is 17.5 Å². The van der Waals surface area contributed by atoms with E-state index in [4.69, 9.17) is 0 Å². The molecular weight excluding hydrogens is 362 g/mol. The predicted octanol–water partition coefficient (Wildman–Crippen LogP) is 4.16. The van der Waals surface area contributed by atoms with E-state index in [1.807, 2.05) is 29.7 Å². The molecule has 0 aliphatic heterocycles. The lowest BCUT2D eigenvalue weighted by Gasteiger charge is -2.08. The van der Waals surface area contributed by atoms with Crippen LogP contribution in [0.3, 0.4) is 0 Å². The van der Waals surface area contributed by atoms with Gasteiger partial charge in [0.1, 0.15) is 11.6 Å². The fourth-order valence-electron chi connectivity index (χ4n) is 3.06. The Balaban J connectivity index is 1.56.